The van der Waals surface area contributed by atoms with E-state index in [1.165, 1.54) is 11.3 Å². The highest BCUT2D eigenvalue weighted by Gasteiger charge is 2.21. The van der Waals surface area contributed by atoms with Crippen LogP contribution in [0.3, 0.4) is 0 Å². The maximum absolute atomic E-state index is 12.3. The summed E-state index contributed by atoms with van der Waals surface area (Å²) >= 11 is 4.83. The molecule has 1 heterocycles. The number of rotatable bonds is 3. The Morgan fingerprint density at radius 1 is 1.42 bits per heavy atom. The van der Waals surface area contributed by atoms with E-state index in [4.69, 9.17) is 0 Å². The number of thiophene rings is 1. The largest absolute Gasteiger partial charge is 0.508 e. The van der Waals surface area contributed by atoms with Gasteiger partial charge >= 0.3 is 0 Å². The highest BCUT2D eigenvalue weighted by molar-refractivity contribution is 9.11. The lowest BCUT2D eigenvalue weighted by Gasteiger charge is -2.25. The molecule has 0 saturated heterocycles. The number of phenols is 1. The van der Waals surface area contributed by atoms with E-state index in [9.17, 15) is 9.90 Å². The molecule has 0 aliphatic heterocycles. The Labute approximate surface area is 124 Å². The Kier molecular flexibility index (Phi) is 4.27. The third kappa shape index (κ3) is 2.98. The van der Waals surface area contributed by atoms with Crippen molar-refractivity contribution >= 4 is 33.2 Å². The van der Waals surface area contributed by atoms with E-state index in [0.717, 1.165) is 9.35 Å². The van der Waals surface area contributed by atoms with Crippen LogP contribution >= 0.6 is 27.3 Å². The second-order valence-corrected chi connectivity index (χ2v) is 6.58. The summed E-state index contributed by atoms with van der Waals surface area (Å²) in [7, 11) is 1.74. The third-order valence-electron chi connectivity index (χ3n) is 3.10. The number of halogens is 1. The van der Waals surface area contributed by atoms with E-state index in [-0.39, 0.29) is 17.7 Å². The summed E-state index contributed by atoms with van der Waals surface area (Å²) in [6.07, 6.45) is 0. The molecule has 1 aromatic carbocycles. The summed E-state index contributed by atoms with van der Waals surface area (Å²) in [5.74, 6) is 0.152. The van der Waals surface area contributed by atoms with E-state index >= 15 is 0 Å². The molecule has 0 spiro atoms. The van der Waals surface area contributed by atoms with Crippen molar-refractivity contribution in [3.63, 3.8) is 0 Å². The van der Waals surface area contributed by atoms with Crippen LogP contribution in [0.1, 0.15) is 28.9 Å². The number of hydrogen-bond donors (Lipinski definition) is 1. The van der Waals surface area contributed by atoms with Crippen LogP contribution in [0.15, 0.2) is 39.5 Å². The zero-order valence-electron chi connectivity index (χ0n) is 10.6. The van der Waals surface area contributed by atoms with Crippen molar-refractivity contribution in [1.82, 2.24) is 4.90 Å². The summed E-state index contributed by atoms with van der Waals surface area (Å²) in [6.45, 7) is 1.90. The quantitative estimate of drug-likeness (QED) is 0.916. The second-order valence-electron chi connectivity index (χ2n) is 4.29. The van der Waals surface area contributed by atoms with Crippen molar-refractivity contribution in [2.45, 2.75) is 13.0 Å². The number of phenolic OH excluding ortho intramolecular Hbond substituents is 1. The van der Waals surface area contributed by atoms with Crippen molar-refractivity contribution in [2.24, 2.45) is 0 Å². The van der Waals surface area contributed by atoms with Crippen LogP contribution < -0.4 is 0 Å². The molecule has 100 valence electrons. The van der Waals surface area contributed by atoms with Gasteiger partial charge in [-0.1, -0.05) is 18.2 Å². The first kappa shape index (κ1) is 14.1. The van der Waals surface area contributed by atoms with Crippen molar-refractivity contribution in [1.29, 1.82) is 0 Å². The molecule has 0 bridgehead atoms. The number of benzene rings is 1. The van der Waals surface area contributed by atoms with Crippen molar-refractivity contribution in [3.8, 4) is 5.75 Å². The number of carbonyl (C=O) groups is 1. The number of carbonyl (C=O) groups excluding carboxylic acids is 1. The van der Waals surface area contributed by atoms with E-state index in [1.54, 1.807) is 30.1 Å². The van der Waals surface area contributed by atoms with Gasteiger partial charge < -0.3 is 10.0 Å². The van der Waals surface area contributed by atoms with Crippen LogP contribution in [0.2, 0.25) is 0 Å². The Bertz CT molecular complexity index is 597. The molecule has 2 rings (SSSR count). The molecule has 1 amide bonds. The predicted octanol–water partition coefficient (Wildman–Crippen LogP) is 4.05. The predicted molar refractivity (Wildman–Crippen MR) is 80.6 cm³/mol. The summed E-state index contributed by atoms with van der Waals surface area (Å²) in [4.78, 5) is 13.9. The maximum atomic E-state index is 12.3. The molecule has 0 aliphatic rings. The van der Waals surface area contributed by atoms with Crippen LogP contribution in [-0.2, 0) is 0 Å². The zero-order chi connectivity index (χ0) is 14.0. The zero-order valence-corrected chi connectivity index (χ0v) is 13.0. The van der Waals surface area contributed by atoms with Gasteiger partial charge in [0.25, 0.3) is 5.91 Å². The molecule has 0 saturated carbocycles. The normalized spacial score (nSPS) is 12.2. The van der Waals surface area contributed by atoms with Crippen molar-refractivity contribution < 1.29 is 9.90 Å². The Hall–Kier alpha value is -1.33. The van der Waals surface area contributed by atoms with Gasteiger partial charge in [0.2, 0.25) is 0 Å². The molecule has 0 fully saturated rings. The van der Waals surface area contributed by atoms with Gasteiger partial charge in [-0.3, -0.25) is 4.79 Å². The molecule has 19 heavy (non-hydrogen) atoms. The first-order valence-corrected chi connectivity index (χ1v) is 7.47. The Morgan fingerprint density at radius 2 is 2.11 bits per heavy atom. The average molecular weight is 340 g/mol. The number of hydrogen-bond acceptors (Lipinski definition) is 3. The molecule has 1 atom stereocenters. The summed E-state index contributed by atoms with van der Waals surface area (Å²) in [6, 6.07) is 8.70. The molecule has 3 nitrogen and oxygen atoms in total. The van der Waals surface area contributed by atoms with Crippen LogP contribution in [0, 0.1) is 0 Å². The molecule has 5 heteroatoms. The minimum Gasteiger partial charge on any atom is -0.508 e. The lowest BCUT2D eigenvalue weighted by Crippen LogP contribution is -2.29. The third-order valence-corrected chi connectivity index (χ3v) is 4.61. The maximum Gasteiger partial charge on any atom is 0.254 e. The minimum atomic E-state index is -0.188. The molecular weight excluding hydrogens is 326 g/mol. The van der Waals surface area contributed by atoms with Gasteiger partial charge in [0.1, 0.15) is 5.75 Å². The fourth-order valence-electron chi connectivity index (χ4n) is 1.85. The SMILES string of the molecule is CC(c1ccccc1O)N(C)C(=O)c1csc(Br)c1. The van der Waals surface area contributed by atoms with Gasteiger partial charge in [0, 0.05) is 18.0 Å². The van der Waals surface area contributed by atoms with Gasteiger partial charge in [-0.2, -0.15) is 0 Å². The van der Waals surface area contributed by atoms with Gasteiger partial charge in [0.15, 0.2) is 0 Å². The van der Waals surface area contributed by atoms with Crippen LogP contribution in [0.25, 0.3) is 0 Å². The van der Waals surface area contributed by atoms with Crippen LogP contribution in [0.4, 0.5) is 0 Å². The standard InChI is InChI=1S/C14H14BrNO2S/c1-9(11-5-3-4-6-12(11)17)16(2)14(18)10-7-13(15)19-8-10/h3-9,17H,1-2H3. The second kappa shape index (κ2) is 5.75. The summed E-state index contributed by atoms with van der Waals surface area (Å²) < 4.78 is 0.930. The highest BCUT2D eigenvalue weighted by atomic mass is 79.9. The molecule has 1 N–H and O–H groups in total. The molecule has 0 aliphatic carbocycles. The van der Waals surface area contributed by atoms with E-state index in [0.29, 0.717) is 5.56 Å². The number of aromatic hydroxyl groups is 1. The fourth-order valence-corrected chi connectivity index (χ4v) is 2.98. The van der Waals surface area contributed by atoms with Gasteiger partial charge in [-0.25, -0.2) is 0 Å². The average Bonchev–Trinajstić information content (AvgIpc) is 2.83. The first-order valence-electron chi connectivity index (χ1n) is 5.79. The number of para-hydroxylation sites is 1. The van der Waals surface area contributed by atoms with Crippen LogP contribution in [0.5, 0.6) is 5.75 Å². The summed E-state index contributed by atoms with van der Waals surface area (Å²) in [5, 5.41) is 11.7. The fraction of sp³-hybridized carbons (Fsp3) is 0.214. The molecule has 2 aromatic rings. The number of amides is 1. The van der Waals surface area contributed by atoms with Crippen molar-refractivity contribution in [2.75, 3.05) is 7.05 Å². The molecule has 1 unspecified atom stereocenters. The van der Waals surface area contributed by atoms with Gasteiger partial charge in [-0.05, 0) is 35.0 Å². The monoisotopic (exact) mass is 339 g/mol. The van der Waals surface area contributed by atoms with Gasteiger partial charge in [0.05, 0.1) is 15.4 Å². The number of nitrogens with zero attached hydrogens (tertiary/aromatic N) is 1. The Morgan fingerprint density at radius 3 is 2.68 bits per heavy atom. The molecular formula is C14H14BrNO2S. The van der Waals surface area contributed by atoms with E-state index in [1.807, 2.05) is 24.4 Å². The van der Waals surface area contributed by atoms with E-state index < -0.39 is 0 Å². The van der Waals surface area contributed by atoms with Crippen LogP contribution in [-0.4, -0.2) is 23.0 Å². The lowest BCUT2D eigenvalue weighted by molar-refractivity contribution is 0.0742. The molecule has 0 radical (unpaired) electrons. The molecule has 1 aromatic heterocycles. The van der Waals surface area contributed by atoms with Gasteiger partial charge in [-0.15, -0.1) is 11.3 Å². The summed E-state index contributed by atoms with van der Waals surface area (Å²) in [5.41, 5.74) is 1.40. The lowest BCUT2D eigenvalue weighted by atomic mass is 10.1. The van der Waals surface area contributed by atoms with E-state index in [2.05, 4.69) is 15.9 Å². The Balaban J connectivity index is 2.22. The van der Waals surface area contributed by atoms with Crippen molar-refractivity contribution in [3.05, 3.63) is 50.6 Å². The highest BCUT2D eigenvalue weighted by Crippen LogP contribution is 2.29. The smallest absolute Gasteiger partial charge is 0.254 e. The first-order chi connectivity index (χ1) is 9.00. The minimum absolute atomic E-state index is 0.0577. The topological polar surface area (TPSA) is 40.5 Å².